The highest BCUT2D eigenvalue weighted by atomic mass is 16.5. The lowest BCUT2D eigenvalue weighted by atomic mass is 10.2. The van der Waals surface area contributed by atoms with Gasteiger partial charge in [-0.05, 0) is 25.5 Å². The lowest BCUT2D eigenvalue weighted by Gasteiger charge is -2.09. The highest BCUT2D eigenvalue weighted by molar-refractivity contribution is 5.39. The second kappa shape index (κ2) is 7.11. The third-order valence-corrected chi connectivity index (χ3v) is 4.48. The molecule has 4 rings (SSSR count). The minimum atomic E-state index is 0.502. The van der Waals surface area contributed by atoms with Crippen molar-refractivity contribution >= 4 is 5.82 Å². The molecule has 1 saturated carbocycles. The largest absolute Gasteiger partial charge is 0.477 e. The SMILES string of the molecule is Cc1nc(NCc2cnn(C)c2)cc(OC[C@H]2C[C@@H]2c2ccccn2)n1. The molecule has 0 bridgehead atoms. The average molecular weight is 350 g/mol. The second-order valence-corrected chi connectivity index (χ2v) is 6.68. The zero-order chi connectivity index (χ0) is 17.9. The van der Waals surface area contributed by atoms with Crippen LogP contribution in [0.4, 0.5) is 5.82 Å². The van der Waals surface area contributed by atoms with E-state index in [1.807, 2.05) is 50.8 Å². The maximum absolute atomic E-state index is 5.92. The van der Waals surface area contributed by atoms with E-state index in [0.717, 1.165) is 23.5 Å². The van der Waals surface area contributed by atoms with E-state index < -0.39 is 0 Å². The van der Waals surface area contributed by atoms with Crippen molar-refractivity contribution in [1.29, 1.82) is 0 Å². The number of ether oxygens (including phenoxy) is 1. The highest BCUT2D eigenvalue weighted by Gasteiger charge is 2.39. The van der Waals surface area contributed by atoms with Crippen molar-refractivity contribution < 1.29 is 4.74 Å². The molecule has 1 fully saturated rings. The molecule has 0 aliphatic heterocycles. The van der Waals surface area contributed by atoms with Gasteiger partial charge in [0.2, 0.25) is 5.88 Å². The summed E-state index contributed by atoms with van der Waals surface area (Å²) in [7, 11) is 1.90. The molecule has 1 N–H and O–H groups in total. The van der Waals surface area contributed by atoms with Gasteiger partial charge in [-0.25, -0.2) is 4.98 Å². The minimum Gasteiger partial charge on any atom is -0.477 e. The van der Waals surface area contributed by atoms with E-state index in [1.54, 1.807) is 4.68 Å². The molecular formula is C19H22N6O. The number of pyridine rings is 1. The molecule has 0 radical (unpaired) electrons. The van der Waals surface area contributed by atoms with E-state index in [0.29, 0.717) is 36.7 Å². The Morgan fingerprint density at radius 3 is 3.00 bits per heavy atom. The summed E-state index contributed by atoms with van der Waals surface area (Å²) in [6.07, 6.45) is 6.78. The van der Waals surface area contributed by atoms with Gasteiger partial charge >= 0.3 is 0 Å². The van der Waals surface area contributed by atoms with E-state index in [4.69, 9.17) is 4.74 Å². The van der Waals surface area contributed by atoms with Crippen LogP contribution in [0.3, 0.4) is 0 Å². The van der Waals surface area contributed by atoms with Gasteiger partial charge in [-0.2, -0.15) is 10.1 Å². The van der Waals surface area contributed by atoms with Gasteiger partial charge in [-0.3, -0.25) is 9.67 Å². The lowest BCUT2D eigenvalue weighted by Crippen LogP contribution is -2.07. The molecule has 3 aromatic heterocycles. The van der Waals surface area contributed by atoms with E-state index in [9.17, 15) is 0 Å². The van der Waals surface area contributed by atoms with E-state index in [1.165, 1.54) is 0 Å². The Hall–Kier alpha value is -2.96. The molecule has 134 valence electrons. The molecule has 1 aliphatic carbocycles. The topological polar surface area (TPSA) is 77.8 Å². The molecule has 0 aromatic carbocycles. The zero-order valence-electron chi connectivity index (χ0n) is 15.0. The van der Waals surface area contributed by atoms with Crippen LogP contribution in [0.1, 0.15) is 29.4 Å². The van der Waals surface area contributed by atoms with Crippen LogP contribution in [0.2, 0.25) is 0 Å². The first-order chi connectivity index (χ1) is 12.7. The summed E-state index contributed by atoms with van der Waals surface area (Å²) in [5, 5.41) is 7.46. The summed E-state index contributed by atoms with van der Waals surface area (Å²) in [6.45, 7) is 3.18. The standard InChI is InChI=1S/C19H22N6O/c1-13-23-18(21-9-14-10-22-25(2)11-14)8-19(24-13)26-12-15-7-16(15)17-5-3-4-6-20-17/h3-6,8,10-11,15-16H,7,9,12H2,1-2H3,(H,21,23,24)/t15-,16+/m1/s1. The predicted octanol–water partition coefficient (Wildman–Crippen LogP) is 2.71. The van der Waals surface area contributed by atoms with Crippen LogP contribution in [0.25, 0.3) is 0 Å². The molecule has 3 aromatic rings. The van der Waals surface area contributed by atoms with Crippen LogP contribution in [-0.2, 0) is 13.6 Å². The number of hydrogen-bond acceptors (Lipinski definition) is 6. The summed E-state index contributed by atoms with van der Waals surface area (Å²) < 4.78 is 7.71. The van der Waals surface area contributed by atoms with Crippen LogP contribution in [0.5, 0.6) is 5.88 Å². The first kappa shape index (κ1) is 16.5. The summed E-state index contributed by atoms with van der Waals surface area (Å²) in [4.78, 5) is 13.2. The maximum atomic E-state index is 5.92. The number of aromatic nitrogens is 5. The molecule has 1 aliphatic rings. The Bertz CT molecular complexity index is 879. The quantitative estimate of drug-likeness (QED) is 0.706. The summed E-state index contributed by atoms with van der Waals surface area (Å²) in [6, 6.07) is 7.91. The van der Waals surface area contributed by atoms with Gasteiger partial charge in [-0.15, -0.1) is 0 Å². The normalized spacial score (nSPS) is 18.5. The Balaban J connectivity index is 1.33. The van der Waals surface area contributed by atoms with Crippen molar-refractivity contribution in [2.75, 3.05) is 11.9 Å². The molecule has 0 unspecified atom stereocenters. The van der Waals surface area contributed by atoms with Gasteiger partial charge in [0.1, 0.15) is 11.6 Å². The molecule has 7 nitrogen and oxygen atoms in total. The molecule has 26 heavy (non-hydrogen) atoms. The molecule has 7 heteroatoms. The van der Waals surface area contributed by atoms with Gasteiger partial charge in [-0.1, -0.05) is 6.07 Å². The van der Waals surface area contributed by atoms with Gasteiger partial charge in [0.15, 0.2) is 0 Å². The number of aryl methyl sites for hydroxylation is 2. The second-order valence-electron chi connectivity index (χ2n) is 6.68. The Morgan fingerprint density at radius 1 is 1.31 bits per heavy atom. The Kier molecular flexibility index (Phi) is 4.51. The van der Waals surface area contributed by atoms with Crippen LogP contribution >= 0.6 is 0 Å². The fraction of sp³-hybridized carbons (Fsp3) is 0.368. The van der Waals surface area contributed by atoms with E-state index in [-0.39, 0.29) is 0 Å². The monoisotopic (exact) mass is 350 g/mol. The number of nitrogens with one attached hydrogen (secondary N) is 1. The molecule has 0 amide bonds. The molecular weight excluding hydrogens is 328 g/mol. The zero-order valence-corrected chi connectivity index (χ0v) is 15.0. The van der Waals surface area contributed by atoms with Crippen molar-refractivity contribution in [2.24, 2.45) is 13.0 Å². The molecule has 0 spiro atoms. The van der Waals surface area contributed by atoms with Crippen LogP contribution < -0.4 is 10.1 Å². The summed E-state index contributed by atoms with van der Waals surface area (Å²) >= 11 is 0. The summed E-state index contributed by atoms with van der Waals surface area (Å²) in [5.74, 6) is 3.06. The van der Waals surface area contributed by atoms with Crippen molar-refractivity contribution in [3.8, 4) is 5.88 Å². The Labute approximate surface area is 152 Å². The van der Waals surface area contributed by atoms with Gasteiger partial charge < -0.3 is 10.1 Å². The predicted molar refractivity (Wildman–Crippen MR) is 97.9 cm³/mol. The first-order valence-electron chi connectivity index (χ1n) is 8.78. The third kappa shape index (κ3) is 3.99. The Morgan fingerprint density at radius 2 is 2.23 bits per heavy atom. The lowest BCUT2D eigenvalue weighted by molar-refractivity contribution is 0.284. The number of anilines is 1. The van der Waals surface area contributed by atoms with Crippen LogP contribution in [-0.4, -0.2) is 31.3 Å². The molecule has 2 atom stereocenters. The maximum Gasteiger partial charge on any atom is 0.218 e. The van der Waals surface area contributed by atoms with Crippen molar-refractivity contribution in [3.63, 3.8) is 0 Å². The van der Waals surface area contributed by atoms with E-state index >= 15 is 0 Å². The minimum absolute atomic E-state index is 0.502. The third-order valence-electron chi connectivity index (χ3n) is 4.48. The number of hydrogen-bond donors (Lipinski definition) is 1. The van der Waals surface area contributed by atoms with Gasteiger partial charge in [0, 0.05) is 55.1 Å². The van der Waals surface area contributed by atoms with Crippen LogP contribution in [0.15, 0.2) is 42.9 Å². The fourth-order valence-corrected chi connectivity index (χ4v) is 3.04. The van der Waals surface area contributed by atoms with Gasteiger partial charge in [0.25, 0.3) is 0 Å². The van der Waals surface area contributed by atoms with Gasteiger partial charge in [0.05, 0.1) is 12.8 Å². The highest BCUT2D eigenvalue weighted by Crippen LogP contribution is 2.46. The smallest absolute Gasteiger partial charge is 0.218 e. The average Bonchev–Trinajstić information content (AvgIpc) is 3.31. The van der Waals surface area contributed by atoms with E-state index in [2.05, 4.69) is 31.4 Å². The number of nitrogens with zero attached hydrogens (tertiary/aromatic N) is 5. The van der Waals surface area contributed by atoms with Crippen LogP contribution in [0, 0.1) is 12.8 Å². The molecule has 3 heterocycles. The van der Waals surface area contributed by atoms with Crippen molar-refractivity contribution in [3.05, 3.63) is 59.9 Å². The number of rotatable bonds is 7. The first-order valence-corrected chi connectivity index (χ1v) is 8.78. The fourth-order valence-electron chi connectivity index (χ4n) is 3.04. The summed E-state index contributed by atoms with van der Waals surface area (Å²) in [5.41, 5.74) is 2.25. The van der Waals surface area contributed by atoms with Crippen molar-refractivity contribution in [2.45, 2.75) is 25.8 Å². The van der Waals surface area contributed by atoms with Crippen molar-refractivity contribution in [1.82, 2.24) is 24.7 Å². The molecule has 0 saturated heterocycles.